The van der Waals surface area contributed by atoms with E-state index >= 15 is 0 Å². The highest BCUT2D eigenvalue weighted by atomic mass is 16.4. The maximum absolute atomic E-state index is 12.1. The Labute approximate surface area is 114 Å². The molecule has 8 nitrogen and oxygen atoms in total. The first-order chi connectivity index (χ1) is 9.58. The molecule has 0 aliphatic heterocycles. The number of rotatable bonds is 5. The molecule has 0 saturated carbocycles. The molecule has 0 spiro atoms. The molecule has 0 radical (unpaired) electrons. The topological polar surface area (TPSA) is 110 Å². The fourth-order valence-electron chi connectivity index (χ4n) is 1.64. The Balaban J connectivity index is 2.11. The van der Waals surface area contributed by atoms with Crippen LogP contribution in [-0.2, 0) is 16.0 Å². The first-order valence-corrected chi connectivity index (χ1v) is 5.92. The van der Waals surface area contributed by atoms with Crippen molar-refractivity contribution in [3.63, 3.8) is 0 Å². The second-order valence-corrected chi connectivity index (χ2v) is 4.14. The second kappa shape index (κ2) is 5.91. The molecule has 1 heterocycles. The third-order valence-electron chi connectivity index (χ3n) is 2.66. The Morgan fingerprint density at radius 2 is 2.05 bits per heavy atom. The molecule has 2 rings (SSSR count). The smallest absolute Gasteiger partial charge is 0.311 e. The van der Waals surface area contributed by atoms with Gasteiger partial charge in [-0.05, 0) is 29.5 Å². The predicted octanol–water partition coefficient (Wildman–Crippen LogP) is 0.500. The van der Waals surface area contributed by atoms with Gasteiger partial charge in [-0.25, -0.2) is 4.68 Å². The molecule has 0 aliphatic rings. The van der Waals surface area contributed by atoms with Crippen LogP contribution in [0.2, 0.25) is 0 Å². The van der Waals surface area contributed by atoms with Gasteiger partial charge in [-0.15, -0.1) is 5.10 Å². The molecule has 1 amide bonds. The Hall–Kier alpha value is -2.77. The SMILES string of the molecule is CC(C(=O)Nc1ccccc1)n1nnnc1CC(=O)O. The van der Waals surface area contributed by atoms with Crippen LogP contribution >= 0.6 is 0 Å². The Morgan fingerprint density at radius 1 is 1.35 bits per heavy atom. The predicted molar refractivity (Wildman–Crippen MR) is 68.9 cm³/mol. The third-order valence-corrected chi connectivity index (χ3v) is 2.66. The Morgan fingerprint density at radius 3 is 2.70 bits per heavy atom. The number of para-hydroxylation sites is 1. The van der Waals surface area contributed by atoms with E-state index in [0.717, 1.165) is 0 Å². The lowest BCUT2D eigenvalue weighted by atomic mass is 10.2. The molecule has 1 unspecified atom stereocenters. The molecule has 8 heteroatoms. The van der Waals surface area contributed by atoms with E-state index in [1.165, 1.54) is 4.68 Å². The van der Waals surface area contributed by atoms with Crippen molar-refractivity contribution >= 4 is 17.6 Å². The number of carbonyl (C=O) groups is 2. The second-order valence-electron chi connectivity index (χ2n) is 4.14. The van der Waals surface area contributed by atoms with Gasteiger partial charge in [-0.1, -0.05) is 18.2 Å². The number of aliphatic carboxylic acids is 1. The van der Waals surface area contributed by atoms with Crippen molar-refractivity contribution in [2.45, 2.75) is 19.4 Å². The minimum absolute atomic E-state index is 0.133. The van der Waals surface area contributed by atoms with Crippen LogP contribution in [0, 0.1) is 0 Å². The lowest BCUT2D eigenvalue weighted by Crippen LogP contribution is -2.26. The zero-order valence-corrected chi connectivity index (χ0v) is 10.7. The van der Waals surface area contributed by atoms with Crippen molar-refractivity contribution in [3.8, 4) is 0 Å². The molecular weight excluding hydrogens is 262 g/mol. The minimum atomic E-state index is -1.06. The Bertz CT molecular complexity index is 611. The monoisotopic (exact) mass is 275 g/mol. The van der Waals surface area contributed by atoms with Gasteiger partial charge in [0.1, 0.15) is 12.5 Å². The standard InChI is InChI=1S/C12H13N5O3/c1-8(12(20)13-9-5-3-2-4-6-9)17-10(7-11(18)19)14-15-16-17/h2-6,8H,7H2,1H3,(H,13,20)(H,18,19). The van der Waals surface area contributed by atoms with E-state index in [4.69, 9.17) is 5.11 Å². The van der Waals surface area contributed by atoms with Crippen molar-refractivity contribution in [1.29, 1.82) is 0 Å². The molecule has 20 heavy (non-hydrogen) atoms. The van der Waals surface area contributed by atoms with E-state index in [0.29, 0.717) is 5.69 Å². The number of anilines is 1. The summed E-state index contributed by atoms with van der Waals surface area (Å²) in [7, 11) is 0. The summed E-state index contributed by atoms with van der Waals surface area (Å²) in [6.07, 6.45) is -0.337. The summed E-state index contributed by atoms with van der Waals surface area (Å²) < 4.78 is 1.20. The number of amides is 1. The summed E-state index contributed by atoms with van der Waals surface area (Å²) >= 11 is 0. The summed E-state index contributed by atoms with van der Waals surface area (Å²) in [5, 5.41) is 22.1. The largest absolute Gasteiger partial charge is 0.481 e. The summed E-state index contributed by atoms with van der Waals surface area (Å²) in [5.74, 6) is -1.25. The number of hydrogen-bond acceptors (Lipinski definition) is 5. The van der Waals surface area contributed by atoms with Gasteiger partial charge in [0.05, 0.1) is 0 Å². The normalized spacial score (nSPS) is 11.8. The van der Waals surface area contributed by atoms with Crippen molar-refractivity contribution in [1.82, 2.24) is 20.2 Å². The number of carbonyl (C=O) groups excluding carboxylic acids is 1. The van der Waals surface area contributed by atoms with Crippen LogP contribution in [0.4, 0.5) is 5.69 Å². The molecular formula is C12H13N5O3. The van der Waals surface area contributed by atoms with Crippen LogP contribution < -0.4 is 5.32 Å². The van der Waals surface area contributed by atoms with E-state index in [9.17, 15) is 9.59 Å². The first-order valence-electron chi connectivity index (χ1n) is 5.92. The van der Waals surface area contributed by atoms with Crippen LogP contribution in [-0.4, -0.2) is 37.2 Å². The average molecular weight is 275 g/mol. The highest BCUT2D eigenvalue weighted by Crippen LogP contribution is 2.12. The molecule has 0 bridgehead atoms. The van der Waals surface area contributed by atoms with Crippen LogP contribution in [0.3, 0.4) is 0 Å². The molecule has 0 saturated heterocycles. The van der Waals surface area contributed by atoms with Crippen molar-refractivity contribution in [2.24, 2.45) is 0 Å². The van der Waals surface area contributed by atoms with Crippen LogP contribution in [0.5, 0.6) is 0 Å². The first kappa shape index (κ1) is 13.7. The van der Waals surface area contributed by atoms with E-state index in [-0.39, 0.29) is 18.2 Å². The molecule has 1 aromatic carbocycles. The number of carboxylic acid groups (broad SMARTS) is 1. The van der Waals surface area contributed by atoms with E-state index in [1.54, 1.807) is 31.2 Å². The number of nitrogens with zero attached hydrogens (tertiary/aromatic N) is 4. The molecule has 1 aromatic heterocycles. The molecule has 0 fully saturated rings. The molecule has 1 atom stereocenters. The maximum Gasteiger partial charge on any atom is 0.311 e. The zero-order chi connectivity index (χ0) is 14.5. The van der Waals surface area contributed by atoms with Gasteiger partial charge in [-0.2, -0.15) is 0 Å². The highest BCUT2D eigenvalue weighted by molar-refractivity contribution is 5.93. The molecule has 104 valence electrons. The minimum Gasteiger partial charge on any atom is -0.481 e. The maximum atomic E-state index is 12.1. The quantitative estimate of drug-likeness (QED) is 0.822. The van der Waals surface area contributed by atoms with Crippen LogP contribution in [0.25, 0.3) is 0 Å². The summed E-state index contributed by atoms with van der Waals surface area (Å²) in [4.78, 5) is 22.8. The summed E-state index contributed by atoms with van der Waals surface area (Å²) in [5.41, 5.74) is 0.650. The van der Waals surface area contributed by atoms with Gasteiger partial charge in [0.15, 0.2) is 5.82 Å². The number of carboxylic acids is 1. The van der Waals surface area contributed by atoms with Gasteiger partial charge in [0.2, 0.25) is 5.91 Å². The highest BCUT2D eigenvalue weighted by Gasteiger charge is 2.21. The summed E-state index contributed by atoms with van der Waals surface area (Å²) in [6, 6.07) is 8.23. The third kappa shape index (κ3) is 3.16. The number of hydrogen-bond donors (Lipinski definition) is 2. The van der Waals surface area contributed by atoms with Crippen molar-refractivity contribution < 1.29 is 14.7 Å². The molecule has 2 N–H and O–H groups in total. The van der Waals surface area contributed by atoms with E-state index in [1.807, 2.05) is 6.07 Å². The van der Waals surface area contributed by atoms with E-state index in [2.05, 4.69) is 20.8 Å². The average Bonchev–Trinajstić information content (AvgIpc) is 2.86. The number of aromatic nitrogens is 4. The van der Waals surface area contributed by atoms with Gasteiger partial charge in [0.25, 0.3) is 0 Å². The van der Waals surface area contributed by atoms with E-state index < -0.39 is 12.0 Å². The van der Waals surface area contributed by atoms with Gasteiger partial charge < -0.3 is 10.4 Å². The van der Waals surface area contributed by atoms with Crippen molar-refractivity contribution in [3.05, 3.63) is 36.2 Å². The van der Waals surface area contributed by atoms with Crippen LogP contribution in [0.1, 0.15) is 18.8 Å². The van der Waals surface area contributed by atoms with Crippen LogP contribution in [0.15, 0.2) is 30.3 Å². The molecule has 0 aliphatic carbocycles. The lowest BCUT2D eigenvalue weighted by Gasteiger charge is -2.13. The fraction of sp³-hybridized carbons (Fsp3) is 0.250. The van der Waals surface area contributed by atoms with Gasteiger partial charge in [0, 0.05) is 5.69 Å². The van der Waals surface area contributed by atoms with Gasteiger partial charge >= 0.3 is 5.97 Å². The Kier molecular flexibility index (Phi) is 4.04. The van der Waals surface area contributed by atoms with Crippen molar-refractivity contribution in [2.75, 3.05) is 5.32 Å². The zero-order valence-electron chi connectivity index (χ0n) is 10.7. The number of nitrogens with one attached hydrogen (secondary N) is 1. The number of tetrazole rings is 1. The van der Waals surface area contributed by atoms with Gasteiger partial charge in [-0.3, -0.25) is 9.59 Å². The lowest BCUT2D eigenvalue weighted by molar-refractivity contribution is -0.136. The fourth-order valence-corrected chi connectivity index (χ4v) is 1.64. The number of benzene rings is 1. The summed E-state index contributed by atoms with van der Waals surface area (Å²) in [6.45, 7) is 1.60. The molecule has 2 aromatic rings.